The van der Waals surface area contributed by atoms with Crippen LogP contribution < -0.4 is 10.6 Å². The third-order valence-corrected chi connectivity index (χ3v) is 5.38. The topological polar surface area (TPSA) is 50.4 Å². The Balaban J connectivity index is 1.60. The molecule has 3 aromatic rings. The Morgan fingerprint density at radius 3 is 2.52 bits per heavy atom. The van der Waals surface area contributed by atoms with E-state index < -0.39 is 0 Å². The van der Waals surface area contributed by atoms with Gasteiger partial charge in [-0.05, 0) is 48.1 Å². The number of carbonyl (C=O) groups excluding carboxylic acids is 1. The Hall–Kier alpha value is -3.27. The van der Waals surface area contributed by atoms with Gasteiger partial charge >= 0.3 is 6.09 Å². The maximum absolute atomic E-state index is 12.1. The van der Waals surface area contributed by atoms with Gasteiger partial charge in [0, 0.05) is 5.69 Å². The summed E-state index contributed by atoms with van der Waals surface area (Å²) in [5.41, 5.74) is 6.08. The highest BCUT2D eigenvalue weighted by molar-refractivity contribution is 5.68. The Kier molecular flexibility index (Phi) is 5.80. The second-order valence-corrected chi connectivity index (χ2v) is 7.32. The number of carbonyl (C=O) groups is 1. The van der Waals surface area contributed by atoms with E-state index in [0.29, 0.717) is 6.61 Å². The quantitative estimate of drug-likeness (QED) is 0.620. The monoisotopic (exact) mass is 386 g/mol. The zero-order valence-electron chi connectivity index (χ0n) is 16.6. The van der Waals surface area contributed by atoms with E-state index in [0.717, 1.165) is 18.5 Å². The summed E-state index contributed by atoms with van der Waals surface area (Å²) >= 11 is 0. The lowest BCUT2D eigenvalue weighted by molar-refractivity contribution is 0.147. The Morgan fingerprint density at radius 2 is 1.69 bits per heavy atom. The van der Waals surface area contributed by atoms with Crippen LogP contribution >= 0.6 is 0 Å². The first-order valence-corrected chi connectivity index (χ1v) is 10.1. The highest BCUT2D eigenvalue weighted by Crippen LogP contribution is 2.35. The molecule has 4 rings (SSSR count). The van der Waals surface area contributed by atoms with Gasteiger partial charge in [0.1, 0.15) is 0 Å². The lowest BCUT2D eigenvalue weighted by atomic mass is 10.0. The minimum atomic E-state index is -0.366. The van der Waals surface area contributed by atoms with Crippen LogP contribution in [0.2, 0.25) is 0 Å². The van der Waals surface area contributed by atoms with Crippen LogP contribution in [0, 0.1) is 0 Å². The van der Waals surface area contributed by atoms with Crippen molar-refractivity contribution in [1.29, 1.82) is 0 Å². The molecule has 2 N–H and O–H groups in total. The molecule has 1 aliphatic rings. The first-order valence-electron chi connectivity index (χ1n) is 10.1. The van der Waals surface area contributed by atoms with Crippen molar-refractivity contribution < 1.29 is 9.53 Å². The van der Waals surface area contributed by atoms with E-state index in [9.17, 15) is 4.79 Å². The van der Waals surface area contributed by atoms with Crippen molar-refractivity contribution in [1.82, 2.24) is 5.32 Å². The average molecular weight is 386 g/mol. The number of para-hydroxylation sites is 1. The normalized spacial score (nSPS) is 17.4. The largest absolute Gasteiger partial charge is 0.450 e. The molecule has 2 atom stereocenters. The Bertz CT molecular complexity index is 971. The van der Waals surface area contributed by atoms with Crippen LogP contribution in [0.25, 0.3) is 0 Å². The van der Waals surface area contributed by atoms with Crippen LogP contribution in [-0.2, 0) is 17.6 Å². The van der Waals surface area contributed by atoms with Crippen LogP contribution in [0.4, 0.5) is 10.5 Å². The van der Waals surface area contributed by atoms with E-state index in [4.69, 9.17) is 4.74 Å². The molecule has 4 heteroatoms. The highest BCUT2D eigenvalue weighted by atomic mass is 16.5. The Morgan fingerprint density at radius 1 is 0.966 bits per heavy atom. The van der Waals surface area contributed by atoms with Gasteiger partial charge in [0.15, 0.2) is 0 Å². The van der Waals surface area contributed by atoms with Crippen molar-refractivity contribution in [2.45, 2.75) is 31.8 Å². The van der Waals surface area contributed by atoms with Crippen LogP contribution in [0.3, 0.4) is 0 Å². The van der Waals surface area contributed by atoms with E-state index in [-0.39, 0.29) is 18.2 Å². The van der Waals surface area contributed by atoms with Crippen LogP contribution in [0.1, 0.15) is 35.2 Å². The van der Waals surface area contributed by atoms with Crippen LogP contribution in [0.15, 0.2) is 78.9 Å². The summed E-state index contributed by atoms with van der Waals surface area (Å²) in [5.74, 6) is 0. The second kappa shape index (κ2) is 8.82. The van der Waals surface area contributed by atoms with Crippen LogP contribution in [0.5, 0.6) is 0 Å². The van der Waals surface area contributed by atoms with Gasteiger partial charge in [-0.15, -0.1) is 0 Å². The number of ether oxygens (including phenoxy) is 1. The van der Waals surface area contributed by atoms with E-state index in [1.54, 1.807) is 0 Å². The van der Waals surface area contributed by atoms with E-state index in [1.165, 1.54) is 22.3 Å². The van der Waals surface area contributed by atoms with E-state index in [1.807, 2.05) is 25.1 Å². The summed E-state index contributed by atoms with van der Waals surface area (Å²) in [6.07, 6.45) is 1.27. The molecule has 148 valence electrons. The molecule has 4 nitrogen and oxygen atoms in total. The third kappa shape index (κ3) is 4.43. The molecule has 1 amide bonds. The molecule has 1 aliphatic carbocycles. The molecule has 0 radical (unpaired) electrons. The van der Waals surface area contributed by atoms with Gasteiger partial charge in [0.2, 0.25) is 0 Å². The lowest BCUT2D eigenvalue weighted by Crippen LogP contribution is -2.40. The molecule has 0 fully saturated rings. The minimum Gasteiger partial charge on any atom is -0.450 e. The minimum absolute atomic E-state index is 0.00692. The van der Waals surface area contributed by atoms with Gasteiger partial charge in [-0.1, -0.05) is 72.8 Å². The second-order valence-electron chi connectivity index (χ2n) is 7.32. The summed E-state index contributed by atoms with van der Waals surface area (Å²) in [4.78, 5) is 12.1. The number of fused-ring (bicyclic) bond motifs is 1. The fraction of sp³-hybridized carbons (Fsp3) is 0.240. The zero-order valence-corrected chi connectivity index (χ0v) is 16.6. The molecule has 29 heavy (non-hydrogen) atoms. The van der Waals surface area contributed by atoms with Gasteiger partial charge < -0.3 is 15.4 Å². The van der Waals surface area contributed by atoms with E-state index >= 15 is 0 Å². The molecule has 0 aromatic heterocycles. The van der Waals surface area contributed by atoms with Crippen molar-refractivity contribution in [3.05, 3.63) is 101 Å². The SMILES string of the molecule is CCOC(=O)NC1Cc2ccccc2C1Nc1ccccc1Cc1ccccc1. The molecular weight excluding hydrogens is 360 g/mol. The number of hydrogen-bond acceptors (Lipinski definition) is 3. The van der Waals surface area contributed by atoms with Gasteiger partial charge in [0.05, 0.1) is 18.7 Å². The summed E-state index contributed by atoms with van der Waals surface area (Å²) in [6.45, 7) is 2.18. The predicted octanol–water partition coefficient (Wildman–Crippen LogP) is 5.10. The summed E-state index contributed by atoms with van der Waals surface area (Å²) < 4.78 is 5.13. The summed E-state index contributed by atoms with van der Waals surface area (Å²) in [7, 11) is 0. The van der Waals surface area contributed by atoms with Crippen molar-refractivity contribution in [2.75, 3.05) is 11.9 Å². The number of hydrogen-bond donors (Lipinski definition) is 2. The fourth-order valence-corrected chi connectivity index (χ4v) is 4.03. The molecule has 0 saturated carbocycles. The van der Waals surface area contributed by atoms with Crippen LogP contribution in [-0.4, -0.2) is 18.7 Å². The number of amides is 1. The fourth-order valence-electron chi connectivity index (χ4n) is 4.03. The molecule has 0 spiro atoms. The number of rotatable bonds is 6. The first-order chi connectivity index (χ1) is 14.2. The van der Waals surface area contributed by atoms with Gasteiger partial charge in [-0.25, -0.2) is 4.79 Å². The average Bonchev–Trinajstić information content (AvgIpc) is 3.07. The molecule has 0 bridgehead atoms. The van der Waals surface area contributed by atoms with Gasteiger partial charge in [-0.3, -0.25) is 0 Å². The van der Waals surface area contributed by atoms with Crippen molar-refractivity contribution in [3.63, 3.8) is 0 Å². The maximum Gasteiger partial charge on any atom is 0.407 e. The smallest absolute Gasteiger partial charge is 0.407 e. The van der Waals surface area contributed by atoms with Gasteiger partial charge in [0.25, 0.3) is 0 Å². The number of alkyl carbamates (subject to hydrolysis) is 1. The third-order valence-electron chi connectivity index (χ3n) is 5.38. The zero-order chi connectivity index (χ0) is 20.1. The first kappa shape index (κ1) is 19.1. The Labute approximate surface area is 171 Å². The number of benzene rings is 3. The van der Waals surface area contributed by atoms with Gasteiger partial charge in [-0.2, -0.15) is 0 Å². The standard InChI is InChI=1S/C25H26N2O2/c1-2-29-25(28)27-23-17-19-12-6-8-14-21(19)24(23)26-22-15-9-7-13-20(22)16-18-10-4-3-5-11-18/h3-15,23-24,26H,2,16-17H2,1H3,(H,27,28). The maximum atomic E-state index is 12.1. The number of nitrogens with one attached hydrogen (secondary N) is 2. The summed E-state index contributed by atoms with van der Waals surface area (Å²) in [6, 6.07) is 27.2. The molecule has 0 heterocycles. The molecule has 0 aliphatic heterocycles. The highest BCUT2D eigenvalue weighted by Gasteiger charge is 2.34. The number of anilines is 1. The van der Waals surface area contributed by atoms with Crippen molar-refractivity contribution in [3.8, 4) is 0 Å². The molecule has 3 aromatic carbocycles. The molecule has 2 unspecified atom stereocenters. The molecular formula is C25H26N2O2. The lowest BCUT2D eigenvalue weighted by Gasteiger charge is -2.25. The summed E-state index contributed by atoms with van der Waals surface area (Å²) in [5, 5.41) is 6.76. The van der Waals surface area contributed by atoms with Crippen molar-refractivity contribution >= 4 is 11.8 Å². The van der Waals surface area contributed by atoms with Crippen molar-refractivity contribution in [2.24, 2.45) is 0 Å². The predicted molar refractivity (Wildman–Crippen MR) is 116 cm³/mol. The molecule has 0 saturated heterocycles. The van der Waals surface area contributed by atoms with E-state index in [2.05, 4.69) is 71.3 Å².